The minimum atomic E-state index is 0.277. The van der Waals surface area contributed by atoms with Crippen molar-refractivity contribution in [3.05, 3.63) is 35.4 Å². The molecule has 5 N–H and O–H groups in total. The molecule has 18 heavy (non-hydrogen) atoms. The van der Waals surface area contributed by atoms with Crippen LogP contribution in [0.3, 0.4) is 0 Å². The Bertz CT molecular complexity index is 574. The lowest BCUT2D eigenvalue weighted by Crippen LogP contribution is -2.01. The van der Waals surface area contributed by atoms with Gasteiger partial charge in [0, 0.05) is 6.07 Å². The molecule has 0 aliphatic heterocycles. The second kappa shape index (κ2) is 5.01. The Hall–Kier alpha value is -2.14. The summed E-state index contributed by atoms with van der Waals surface area (Å²) >= 11 is 6.07. The van der Waals surface area contributed by atoms with Crippen molar-refractivity contribution in [2.75, 3.05) is 23.9 Å². The van der Waals surface area contributed by atoms with Gasteiger partial charge in [0.05, 0.1) is 23.5 Å². The van der Waals surface area contributed by atoms with Crippen molar-refractivity contribution in [3.8, 4) is 5.75 Å². The first-order valence-corrected chi connectivity index (χ1v) is 5.60. The number of aromatic nitrogens is 1. The molecule has 0 radical (unpaired) electrons. The number of ether oxygens (including phenoxy) is 1. The second-order valence-electron chi connectivity index (χ2n) is 3.64. The normalized spacial score (nSPS) is 10.1. The molecule has 0 aliphatic rings. The number of benzene rings is 1. The Labute approximate surface area is 110 Å². The van der Waals surface area contributed by atoms with Crippen molar-refractivity contribution < 1.29 is 4.74 Å². The minimum Gasteiger partial charge on any atom is -0.497 e. The number of methoxy groups -OCH3 is 1. The third kappa shape index (κ3) is 2.57. The van der Waals surface area contributed by atoms with Crippen LogP contribution < -0.4 is 21.5 Å². The Morgan fingerprint density at radius 2 is 2.00 bits per heavy atom. The Kier molecular flexibility index (Phi) is 3.43. The number of anilines is 4. The van der Waals surface area contributed by atoms with Gasteiger partial charge in [0.2, 0.25) is 0 Å². The quantitative estimate of drug-likeness (QED) is 0.793. The third-order valence-electron chi connectivity index (χ3n) is 2.39. The molecular weight excluding hydrogens is 252 g/mol. The molecule has 0 atom stereocenters. The maximum Gasteiger partial charge on any atom is 0.149 e. The number of nitrogens with one attached hydrogen (secondary N) is 1. The van der Waals surface area contributed by atoms with Crippen LogP contribution in [0.1, 0.15) is 0 Å². The zero-order valence-electron chi connectivity index (χ0n) is 9.77. The molecule has 0 spiro atoms. The highest BCUT2D eigenvalue weighted by atomic mass is 35.5. The van der Waals surface area contributed by atoms with Crippen molar-refractivity contribution in [2.45, 2.75) is 0 Å². The van der Waals surface area contributed by atoms with E-state index in [1.54, 1.807) is 37.4 Å². The van der Waals surface area contributed by atoms with E-state index in [0.717, 1.165) is 0 Å². The van der Waals surface area contributed by atoms with Crippen LogP contribution in [0.25, 0.3) is 0 Å². The van der Waals surface area contributed by atoms with E-state index in [-0.39, 0.29) is 5.82 Å². The van der Waals surface area contributed by atoms with Gasteiger partial charge in [0.15, 0.2) is 0 Å². The lowest BCUT2D eigenvalue weighted by atomic mass is 10.3. The van der Waals surface area contributed by atoms with Gasteiger partial charge >= 0.3 is 0 Å². The zero-order valence-corrected chi connectivity index (χ0v) is 10.5. The summed E-state index contributed by atoms with van der Waals surface area (Å²) in [6, 6.07) is 8.69. The summed E-state index contributed by atoms with van der Waals surface area (Å²) in [7, 11) is 1.59. The number of hydrogen-bond donors (Lipinski definition) is 3. The molecule has 0 unspecified atom stereocenters. The molecule has 94 valence electrons. The molecule has 1 aromatic heterocycles. The molecule has 1 heterocycles. The van der Waals surface area contributed by atoms with Crippen LogP contribution in [-0.4, -0.2) is 12.1 Å². The number of halogens is 1. The maximum atomic E-state index is 6.07. The van der Waals surface area contributed by atoms with Gasteiger partial charge in [0.25, 0.3) is 0 Å². The SMILES string of the molecule is COc1ccc(Cl)c(Nc2ccc(N)c(N)n2)c1. The maximum absolute atomic E-state index is 6.07. The molecule has 0 aliphatic carbocycles. The lowest BCUT2D eigenvalue weighted by molar-refractivity contribution is 0.415. The molecule has 2 rings (SSSR count). The van der Waals surface area contributed by atoms with Crippen LogP contribution in [0.4, 0.5) is 23.0 Å². The number of nitrogens with zero attached hydrogens (tertiary/aromatic N) is 1. The molecule has 0 amide bonds. The minimum absolute atomic E-state index is 0.277. The van der Waals surface area contributed by atoms with E-state index in [1.165, 1.54) is 0 Å². The molecule has 5 nitrogen and oxygen atoms in total. The van der Waals surface area contributed by atoms with Gasteiger partial charge in [-0.1, -0.05) is 11.6 Å². The first-order valence-electron chi connectivity index (χ1n) is 5.22. The lowest BCUT2D eigenvalue weighted by Gasteiger charge is -2.10. The smallest absolute Gasteiger partial charge is 0.149 e. The largest absolute Gasteiger partial charge is 0.497 e. The molecular formula is C12H13ClN4O. The average molecular weight is 265 g/mol. The molecule has 0 fully saturated rings. The Balaban J connectivity index is 2.30. The average Bonchev–Trinajstić information content (AvgIpc) is 2.36. The molecule has 6 heteroatoms. The number of nitrogen functional groups attached to an aromatic ring is 2. The van der Waals surface area contributed by atoms with E-state index >= 15 is 0 Å². The van der Waals surface area contributed by atoms with Crippen molar-refractivity contribution in [1.82, 2.24) is 4.98 Å². The summed E-state index contributed by atoms with van der Waals surface area (Å²) in [4.78, 5) is 4.11. The van der Waals surface area contributed by atoms with Gasteiger partial charge in [-0.3, -0.25) is 0 Å². The van der Waals surface area contributed by atoms with Crippen LogP contribution in [0.15, 0.2) is 30.3 Å². The van der Waals surface area contributed by atoms with Gasteiger partial charge in [-0.2, -0.15) is 0 Å². The van der Waals surface area contributed by atoms with Gasteiger partial charge in [-0.05, 0) is 24.3 Å². The van der Waals surface area contributed by atoms with Gasteiger partial charge in [-0.25, -0.2) is 4.98 Å². The summed E-state index contributed by atoms with van der Waals surface area (Å²) in [6.45, 7) is 0. The summed E-state index contributed by atoms with van der Waals surface area (Å²) in [5.41, 5.74) is 12.4. The topological polar surface area (TPSA) is 86.2 Å². The van der Waals surface area contributed by atoms with Gasteiger partial charge < -0.3 is 21.5 Å². The van der Waals surface area contributed by atoms with E-state index in [9.17, 15) is 0 Å². The van der Waals surface area contributed by atoms with E-state index < -0.39 is 0 Å². The fraction of sp³-hybridized carbons (Fsp3) is 0.0833. The Morgan fingerprint density at radius 3 is 2.67 bits per heavy atom. The van der Waals surface area contributed by atoms with E-state index in [4.69, 9.17) is 27.8 Å². The molecule has 1 aromatic carbocycles. The molecule has 0 saturated heterocycles. The van der Waals surface area contributed by atoms with Crippen LogP contribution in [0.2, 0.25) is 5.02 Å². The van der Waals surface area contributed by atoms with Crippen molar-refractivity contribution >= 4 is 34.6 Å². The number of rotatable bonds is 3. The summed E-state index contributed by atoms with van der Waals surface area (Å²) in [5, 5.41) is 3.62. The Morgan fingerprint density at radius 1 is 1.22 bits per heavy atom. The van der Waals surface area contributed by atoms with Gasteiger partial charge in [-0.15, -0.1) is 0 Å². The fourth-order valence-corrected chi connectivity index (χ4v) is 1.59. The van der Waals surface area contributed by atoms with E-state index in [1.807, 2.05) is 0 Å². The monoisotopic (exact) mass is 264 g/mol. The van der Waals surface area contributed by atoms with Crippen LogP contribution in [0, 0.1) is 0 Å². The molecule has 2 aromatic rings. The highest BCUT2D eigenvalue weighted by Gasteiger charge is 2.05. The first-order chi connectivity index (χ1) is 8.60. The van der Waals surface area contributed by atoms with Gasteiger partial charge in [0.1, 0.15) is 17.4 Å². The highest BCUT2D eigenvalue weighted by Crippen LogP contribution is 2.29. The predicted octanol–water partition coefficient (Wildman–Crippen LogP) is 2.65. The third-order valence-corrected chi connectivity index (χ3v) is 2.72. The summed E-state index contributed by atoms with van der Waals surface area (Å²) in [5.74, 6) is 1.54. The van der Waals surface area contributed by atoms with Crippen LogP contribution in [0.5, 0.6) is 5.75 Å². The fourth-order valence-electron chi connectivity index (χ4n) is 1.42. The van der Waals surface area contributed by atoms with Crippen molar-refractivity contribution in [1.29, 1.82) is 0 Å². The first kappa shape index (κ1) is 12.3. The number of nitrogens with two attached hydrogens (primary N) is 2. The van der Waals surface area contributed by atoms with Crippen molar-refractivity contribution in [3.63, 3.8) is 0 Å². The van der Waals surface area contributed by atoms with E-state index in [0.29, 0.717) is 28.0 Å². The highest BCUT2D eigenvalue weighted by molar-refractivity contribution is 6.33. The zero-order chi connectivity index (χ0) is 13.1. The van der Waals surface area contributed by atoms with E-state index in [2.05, 4.69) is 10.3 Å². The summed E-state index contributed by atoms with van der Waals surface area (Å²) in [6.07, 6.45) is 0. The van der Waals surface area contributed by atoms with Crippen molar-refractivity contribution in [2.24, 2.45) is 0 Å². The standard InChI is InChI=1S/C12H13ClN4O/c1-18-7-2-3-8(13)10(6-7)16-11-5-4-9(14)12(15)17-11/h2-6H,14H2,1H3,(H3,15,16,17). The van der Waals surface area contributed by atoms with Crippen LogP contribution >= 0.6 is 11.6 Å². The van der Waals surface area contributed by atoms with Crippen LogP contribution in [-0.2, 0) is 0 Å². The number of pyridine rings is 1. The predicted molar refractivity (Wildman–Crippen MR) is 74.3 cm³/mol. The molecule has 0 bridgehead atoms. The molecule has 0 saturated carbocycles. The second-order valence-corrected chi connectivity index (χ2v) is 4.05. The summed E-state index contributed by atoms with van der Waals surface area (Å²) < 4.78 is 5.13. The number of hydrogen-bond acceptors (Lipinski definition) is 5.